The number of hydrogen-bond donors (Lipinski definition) is 0. The van der Waals surface area contributed by atoms with Gasteiger partial charge in [0.05, 0.1) is 23.0 Å². The summed E-state index contributed by atoms with van der Waals surface area (Å²) >= 11 is 1.59. The average Bonchev–Trinajstić information content (AvgIpc) is 3.08. The Morgan fingerprint density at radius 2 is 2.10 bits per heavy atom. The first-order valence-electron chi connectivity index (χ1n) is 7.78. The van der Waals surface area contributed by atoms with E-state index in [9.17, 15) is 4.79 Å². The molecule has 2 aromatic rings. The monoisotopic (exact) mass is 302 g/mol. The number of carbonyl (C=O) groups excluding carboxylic acids is 1. The fraction of sp³-hybridized carbons (Fsp3) is 0.529. The number of rotatable bonds is 4. The number of Topliss-reactive ketones (excluding diaryl/α,β-unsaturated/α-hetero) is 1. The maximum absolute atomic E-state index is 12.3. The van der Waals surface area contributed by atoms with Crippen molar-refractivity contribution in [2.75, 3.05) is 0 Å². The molecule has 0 amide bonds. The van der Waals surface area contributed by atoms with E-state index >= 15 is 0 Å². The van der Waals surface area contributed by atoms with Gasteiger partial charge in [-0.3, -0.25) is 9.48 Å². The molecule has 1 fully saturated rings. The third kappa shape index (κ3) is 3.26. The van der Waals surface area contributed by atoms with Crippen LogP contribution in [-0.4, -0.2) is 15.6 Å². The smallest absolute Gasteiger partial charge is 0.178 e. The third-order valence-corrected chi connectivity index (χ3v) is 5.59. The first-order chi connectivity index (χ1) is 10.1. The summed E-state index contributed by atoms with van der Waals surface area (Å²) in [4.78, 5) is 14.4. The predicted octanol–water partition coefficient (Wildman–Crippen LogP) is 4.49. The number of aryl methyl sites for hydroxylation is 2. The van der Waals surface area contributed by atoms with E-state index in [1.54, 1.807) is 11.3 Å². The molecule has 3 rings (SSSR count). The van der Waals surface area contributed by atoms with E-state index in [0.717, 1.165) is 10.6 Å². The summed E-state index contributed by atoms with van der Waals surface area (Å²) < 4.78 is 2.08. The Labute approximate surface area is 130 Å². The normalized spacial score (nSPS) is 16.3. The van der Waals surface area contributed by atoms with Gasteiger partial charge in [0.15, 0.2) is 5.78 Å². The molecule has 0 aliphatic heterocycles. The second-order valence-corrected chi connectivity index (χ2v) is 7.29. The van der Waals surface area contributed by atoms with Gasteiger partial charge < -0.3 is 0 Å². The van der Waals surface area contributed by atoms with Crippen LogP contribution in [0.15, 0.2) is 18.3 Å². The van der Waals surface area contributed by atoms with Gasteiger partial charge in [-0.2, -0.15) is 5.10 Å². The molecule has 0 bridgehead atoms. The van der Waals surface area contributed by atoms with Crippen molar-refractivity contribution in [2.45, 2.75) is 58.4 Å². The Morgan fingerprint density at radius 1 is 1.33 bits per heavy atom. The molecule has 0 spiro atoms. The minimum Gasteiger partial charge on any atom is -0.293 e. The SMILES string of the molecule is Cc1cc(C(=O)Cc2ccn(C3CCCCC3)n2)sc1C. The van der Waals surface area contributed by atoms with E-state index < -0.39 is 0 Å². The molecule has 1 aliphatic carbocycles. The summed E-state index contributed by atoms with van der Waals surface area (Å²) in [6.07, 6.45) is 8.85. The van der Waals surface area contributed by atoms with Crippen molar-refractivity contribution in [2.24, 2.45) is 0 Å². The van der Waals surface area contributed by atoms with E-state index in [-0.39, 0.29) is 5.78 Å². The second kappa shape index (κ2) is 6.14. The largest absolute Gasteiger partial charge is 0.293 e. The Morgan fingerprint density at radius 3 is 2.76 bits per heavy atom. The van der Waals surface area contributed by atoms with E-state index in [0.29, 0.717) is 12.5 Å². The summed E-state index contributed by atoms with van der Waals surface area (Å²) in [6, 6.07) is 4.54. The van der Waals surface area contributed by atoms with Crippen LogP contribution in [0.4, 0.5) is 0 Å². The molecule has 3 nitrogen and oxygen atoms in total. The van der Waals surface area contributed by atoms with E-state index in [1.165, 1.54) is 42.5 Å². The Bertz CT molecular complexity index is 616. The molecule has 112 valence electrons. The molecule has 0 radical (unpaired) electrons. The number of aromatic nitrogens is 2. The molecule has 2 aromatic heterocycles. The van der Waals surface area contributed by atoms with Gasteiger partial charge >= 0.3 is 0 Å². The van der Waals surface area contributed by atoms with Crippen molar-refractivity contribution in [1.82, 2.24) is 9.78 Å². The maximum atomic E-state index is 12.3. The van der Waals surface area contributed by atoms with Crippen molar-refractivity contribution < 1.29 is 4.79 Å². The quantitative estimate of drug-likeness (QED) is 0.780. The zero-order chi connectivity index (χ0) is 14.8. The fourth-order valence-corrected chi connectivity index (χ4v) is 3.95. The number of hydrogen-bond acceptors (Lipinski definition) is 3. The molecule has 0 unspecified atom stereocenters. The fourth-order valence-electron chi connectivity index (χ4n) is 2.98. The van der Waals surface area contributed by atoms with E-state index in [1.807, 2.05) is 18.3 Å². The molecule has 0 aromatic carbocycles. The molecule has 2 heterocycles. The van der Waals surface area contributed by atoms with Crippen LogP contribution in [-0.2, 0) is 6.42 Å². The summed E-state index contributed by atoms with van der Waals surface area (Å²) in [5.74, 6) is 0.185. The summed E-state index contributed by atoms with van der Waals surface area (Å²) in [5, 5.41) is 4.63. The van der Waals surface area contributed by atoms with Gasteiger partial charge in [-0.05, 0) is 44.4 Å². The highest BCUT2D eigenvalue weighted by Gasteiger charge is 2.17. The van der Waals surface area contributed by atoms with Gasteiger partial charge in [0, 0.05) is 11.1 Å². The van der Waals surface area contributed by atoms with Gasteiger partial charge in [-0.1, -0.05) is 19.3 Å². The van der Waals surface area contributed by atoms with Crippen molar-refractivity contribution >= 4 is 17.1 Å². The standard InChI is InChI=1S/C17H22N2OS/c1-12-10-17(21-13(12)2)16(20)11-14-8-9-19(18-14)15-6-4-3-5-7-15/h8-10,15H,3-7,11H2,1-2H3. The predicted molar refractivity (Wildman–Crippen MR) is 86.2 cm³/mol. The molecule has 4 heteroatoms. The van der Waals surface area contributed by atoms with Crippen LogP contribution in [0, 0.1) is 13.8 Å². The lowest BCUT2D eigenvalue weighted by molar-refractivity contribution is 0.0995. The highest BCUT2D eigenvalue weighted by molar-refractivity contribution is 7.14. The van der Waals surface area contributed by atoms with Gasteiger partial charge in [-0.15, -0.1) is 11.3 Å². The second-order valence-electron chi connectivity index (χ2n) is 6.03. The summed E-state index contributed by atoms with van der Waals surface area (Å²) in [6.45, 7) is 4.12. The topological polar surface area (TPSA) is 34.9 Å². The first kappa shape index (κ1) is 14.5. The highest BCUT2D eigenvalue weighted by Crippen LogP contribution is 2.27. The van der Waals surface area contributed by atoms with Crippen LogP contribution in [0.25, 0.3) is 0 Å². The molecule has 1 aliphatic rings. The molecule has 1 saturated carbocycles. The van der Waals surface area contributed by atoms with Crippen LogP contribution >= 0.6 is 11.3 Å². The van der Waals surface area contributed by atoms with Gasteiger partial charge in [0.2, 0.25) is 0 Å². The Hall–Kier alpha value is -1.42. The highest BCUT2D eigenvalue weighted by atomic mass is 32.1. The molecule has 0 atom stereocenters. The lowest BCUT2D eigenvalue weighted by atomic mass is 9.96. The lowest BCUT2D eigenvalue weighted by Crippen LogP contribution is -2.14. The molecule has 21 heavy (non-hydrogen) atoms. The van der Waals surface area contributed by atoms with Gasteiger partial charge in [0.1, 0.15) is 0 Å². The Balaban J connectivity index is 1.67. The number of nitrogens with zero attached hydrogens (tertiary/aromatic N) is 2. The third-order valence-electron chi connectivity index (χ3n) is 4.39. The Kier molecular flexibility index (Phi) is 4.24. The van der Waals surface area contributed by atoms with E-state index in [2.05, 4.69) is 23.6 Å². The lowest BCUT2D eigenvalue weighted by Gasteiger charge is -2.21. The molecule has 0 saturated heterocycles. The van der Waals surface area contributed by atoms with Crippen molar-refractivity contribution in [3.8, 4) is 0 Å². The van der Waals surface area contributed by atoms with Crippen molar-refractivity contribution in [1.29, 1.82) is 0 Å². The van der Waals surface area contributed by atoms with Crippen LogP contribution in [0.1, 0.15) is 64.0 Å². The summed E-state index contributed by atoms with van der Waals surface area (Å²) in [5.41, 5.74) is 2.10. The van der Waals surface area contributed by atoms with Crippen molar-refractivity contribution in [3.63, 3.8) is 0 Å². The van der Waals surface area contributed by atoms with Crippen LogP contribution in [0.2, 0.25) is 0 Å². The minimum absolute atomic E-state index is 0.185. The van der Waals surface area contributed by atoms with Gasteiger partial charge in [-0.25, -0.2) is 0 Å². The van der Waals surface area contributed by atoms with Crippen LogP contribution in [0.5, 0.6) is 0 Å². The molecular weight excluding hydrogens is 280 g/mol. The van der Waals surface area contributed by atoms with Gasteiger partial charge in [0.25, 0.3) is 0 Å². The number of carbonyl (C=O) groups is 1. The average molecular weight is 302 g/mol. The van der Waals surface area contributed by atoms with Crippen LogP contribution in [0.3, 0.4) is 0 Å². The number of ketones is 1. The zero-order valence-corrected chi connectivity index (χ0v) is 13.6. The molecule has 0 N–H and O–H groups in total. The van der Waals surface area contributed by atoms with E-state index in [4.69, 9.17) is 0 Å². The summed E-state index contributed by atoms with van der Waals surface area (Å²) in [7, 11) is 0. The maximum Gasteiger partial charge on any atom is 0.178 e. The number of thiophene rings is 1. The zero-order valence-electron chi connectivity index (χ0n) is 12.8. The van der Waals surface area contributed by atoms with Crippen molar-refractivity contribution in [3.05, 3.63) is 39.3 Å². The first-order valence-corrected chi connectivity index (χ1v) is 8.59. The minimum atomic E-state index is 0.185. The molecular formula is C17H22N2OS. The van der Waals surface area contributed by atoms with Crippen LogP contribution < -0.4 is 0 Å².